The fraction of sp³-hybridized carbons (Fsp3) is 0.333. The molecular formula is C12H16N2O. The van der Waals surface area contributed by atoms with Gasteiger partial charge in [-0.15, -0.1) is 0 Å². The Morgan fingerprint density at radius 2 is 2.20 bits per heavy atom. The van der Waals surface area contributed by atoms with Gasteiger partial charge in [0, 0.05) is 24.1 Å². The van der Waals surface area contributed by atoms with E-state index in [1.165, 1.54) is 11.1 Å². The van der Waals surface area contributed by atoms with Crippen LogP contribution in [0, 0.1) is 0 Å². The van der Waals surface area contributed by atoms with Crippen molar-refractivity contribution in [2.75, 3.05) is 13.6 Å². The highest BCUT2D eigenvalue weighted by Crippen LogP contribution is 2.24. The summed E-state index contributed by atoms with van der Waals surface area (Å²) in [6.45, 7) is 0.953. The van der Waals surface area contributed by atoms with E-state index < -0.39 is 0 Å². The minimum Gasteiger partial charge on any atom is -0.508 e. The minimum atomic E-state index is 0.333. The second-order valence-corrected chi connectivity index (χ2v) is 3.82. The van der Waals surface area contributed by atoms with E-state index in [1.54, 1.807) is 6.07 Å². The number of rotatable bonds is 3. The molecule has 0 saturated heterocycles. The average molecular weight is 204 g/mol. The number of phenols is 1. The van der Waals surface area contributed by atoms with Gasteiger partial charge in [-0.05, 0) is 43.8 Å². The monoisotopic (exact) mass is 204 g/mol. The molecule has 0 saturated carbocycles. The molecule has 1 aromatic carbocycles. The lowest BCUT2D eigenvalue weighted by atomic mass is 10.1. The standard InChI is InChI=1S/C12H16N2O/c1-13-6-5-9-8-14(2)12-4-3-10(15)7-11(9)12/h3-4,7-8,13,15H,5-6H2,1-2H3. The van der Waals surface area contributed by atoms with Crippen LogP contribution >= 0.6 is 0 Å². The van der Waals surface area contributed by atoms with Crippen LogP contribution < -0.4 is 5.32 Å². The summed E-state index contributed by atoms with van der Waals surface area (Å²) in [5, 5.41) is 13.7. The molecule has 3 heteroatoms. The number of aromatic hydroxyl groups is 1. The van der Waals surface area contributed by atoms with Crippen LogP contribution in [0.2, 0.25) is 0 Å². The largest absolute Gasteiger partial charge is 0.508 e. The Labute approximate surface area is 89.3 Å². The number of hydrogen-bond donors (Lipinski definition) is 2. The third-order valence-corrected chi connectivity index (χ3v) is 2.70. The number of benzene rings is 1. The highest BCUT2D eigenvalue weighted by molar-refractivity contribution is 5.85. The molecule has 0 radical (unpaired) electrons. The third-order valence-electron chi connectivity index (χ3n) is 2.70. The zero-order chi connectivity index (χ0) is 10.8. The van der Waals surface area contributed by atoms with E-state index in [4.69, 9.17) is 0 Å². The van der Waals surface area contributed by atoms with Crippen molar-refractivity contribution in [3.8, 4) is 5.75 Å². The van der Waals surface area contributed by atoms with Crippen LogP contribution in [0.5, 0.6) is 5.75 Å². The smallest absolute Gasteiger partial charge is 0.116 e. The first-order valence-electron chi connectivity index (χ1n) is 5.14. The Balaban J connectivity index is 2.49. The van der Waals surface area contributed by atoms with Crippen LogP contribution in [0.15, 0.2) is 24.4 Å². The summed E-state index contributed by atoms with van der Waals surface area (Å²) < 4.78 is 2.10. The number of likely N-dealkylation sites (N-methyl/N-ethyl adjacent to an activating group) is 1. The van der Waals surface area contributed by atoms with E-state index in [2.05, 4.69) is 16.1 Å². The van der Waals surface area contributed by atoms with Gasteiger partial charge in [-0.25, -0.2) is 0 Å². The second kappa shape index (κ2) is 3.95. The van der Waals surface area contributed by atoms with Crippen LogP contribution in [0.25, 0.3) is 10.9 Å². The summed E-state index contributed by atoms with van der Waals surface area (Å²) >= 11 is 0. The van der Waals surface area contributed by atoms with Gasteiger partial charge in [0.1, 0.15) is 5.75 Å². The van der Waals surface area contributed by atoms with E-state index in [9.17, 15) is 5.11 Å². The first-order chi connectivity index (χ1) is 7.22. The topological polar surface area (TPSA) is 37.2 Å². The molecule has 0 spiro atoms. The molecule has 0 fully saturated rings. The molecule has 0 aliphatic heterocycles. The van der Waals surface area contributed by atoms with Crippen molar-refractivity contribution in [2.24, 2.45) is 7.05 Å². The van der Waals surface area contributed by atoms with E-state index in [-0.39, 0.29) is 0 Å². The molecule has 2 N–H and O–H groups in total. The second-order valence-electron chi connectivity index (χ2n) is 3.82. The number of nitrogens with zero attached hydrogens (tertiary/aromatic N) is 1. The lowest BCUT2D eigenvalue weighted by Gasteiger charge is -1.99. The average Bonchev–Trinajstić information content (AvgIpc) is 2.52. The van der Waals surface area contributed by atoms with Gasteiger partial charge in [-0.2, -0.15) is 0 Å². The molecule has 0 unspecified atom stereocenters. The molecule has 2 rings (SSSR count). The molecule has 3 nitrogen and oxygen atoms in total. The predicted octanol–water partition coefficient (Wildman–Crippen LogP) is 1.65. The lowest BCUT2D eigenvalue weighted by Crippen LogP contribution is -2.09. The van der Waals surface area contributed by atoms with Crippen LogP contribution in [0.3, 0.4) is 0 Å². The Kier molecular flexibility index (Phi) is 2.64. The van der Waals surface area contributed by atoms with E-state index in [0.717, 1.165) is 18.4 Å². The van der Waals surface area contributed by atoms with Crippen molar-refractivity contribution in [1.82, 2.24) is 9.88 Å². The first-order valence-corrected chi connectivity index (χ1v) is 5.14. The third kappa shape index (κ3) is 1.83. The molecule has 0 amide bonds. The lowest BCUT2D eigenvalue weighted by molar-refractivity contribution is 0.476. The van der Waals surface area contributed by atoms with E-state index >= 15 is 0 Å². The van der Waals surface area contributed by atoms with Gasteiger partial charge in [-0.1, -0.05) is 0 Å². The molecule has 1 heterocycles. The summed E-state index contributed by atoms with van der Waals surface area (Å²) in [7, 11) is 3.98. The SMILES string of the molecule is CNCCc1cn(C)c2ccc(O)cc12. The van der Waals surface area contributed by atoms with Gasteiger partial charge in [-0.3, -0.25) is 0 Å². The van der Waals surface area contributed by atoms with Crippen LogP contribution in [0.4, 0.5) is 0 Å². The maximum absolute atomic E-state index is 9.46. The molecule has 0 atom stereocenters. The van der Waals surface area contributed by atoms with Gasteiger partial charge < -0.3 is 15.0 Å². The Morgan fingerprint density at radius 1 is 1.40 bits per heavy atom. The Hall–Kier alpha value is -1.48. The molecule has 2 aromatic rings. The van der Waals surface area contributed by atoms with Gasteiger partial charge in [0.2, 0.25) is 0 Å². The molecule has 0 aliphatic carbocycles. The van der Waals surface area contributed by atoms with Gasteiger partial charge in [0.25, 0.3) is 0 Å². The molecule has 15 heavy (non-hydrogen) atoms. The number of phenolic OH excluding ortho intramolecular Hbond substituents is 1. The Bertz CT molecular complexity index is 474. The number of fused-ring (bicyclic) bond motifs is 1. The van der Waals surface area contributed by atoms with Crippen molar-refractivity contribution in [3.63, 3.8) is 0 Å². The highest BCUT2D eigenvalue weighted by Gasteiger charge is 2.06. The molecular weight excluding hydrogens is 188 g/mol. The van der Waals surface area contributed by atoms with Crippen molar-refractivity contribution < 1.29 is 5.11 Å². The van der Waals surface area contributed by atoms with Crippen molar-refractivity contribution in [1.29, 1.82) is 0 Å². The van der Waals surface area contributed by atoms with Crippen LogP contribution in [-0.2, 0) is 13.5 Å². The molecule has 1 aromatic heterocycles. The Morgan fingerprint density at radius 3 is 2.93 bits per heavy atom. The molecule has 80 valence electrons. The maximum atomic E-state index is 9.46. The highest BCUT2D eigenvalue weighted by atomic mass is 16.3. The summed E-state index contributed by atoms with van der Waals surface area (Å²) in [6, 6.07) is 5.51. The van der Waals surface area contributed by atoms with Gasteiger partial charge in [0.05, 0.1) is 0 Å². The van der Waals surface area contributed by atoms with Crippen LogP contribution in [-0.4, -0.2) is 23.3 Å². The fourth-order valence-electron chi connectivity index (χ4n) is 1.92. The fourth-order valence-corrected chi connectivity index (χ4v) is 1.92. The van der Waals surface area contributed by atoms with Gasteiger partial charge >= 0.3 is 0 Å². The summed E-state index contributed by atoms with van der Waals surface area (Å²) in [4.78, 5) is 0. The molecule has 0 bridgehead atoms. The maximum Gasteiger partial charge on any atom is 0.116 e. The summed E-state index contributed by atoms with van der Waals surface area (Å²) in [5.41, 5.74) is 2.44. The first kappa shape index (κ1) is 10.1. The quantitative estimate of drug-likeness (QED) is 0.797. The van der Waals surface area contributed by atoms with Crippen molar-refractivity contribution in [3.05, 3.63) is 30.0 Å². The van der Waals surface area contributed by atoms with Crippen LogP contribution in [0.1, 0.15) is 5.56 Å². The van der Waals surface area contributed by atoms with Crippen molar-refractivity contribution >= 4 is 10.9 Å². The number of aryl methyl sites for hydroxylation is 1. The summed E-state index contributed by atoms with van der Waals surface area (Å²) in [6.07, 6.45) is 3.11. The van der Waals surface area contributed by atoms with E-state index in [0.29, 0.717) is 5.75 Å². The number of hydrogen-bond acceptors (Lipinski definition) is 2. The number of nitrogens with one attached hydrogen (secondary N) is 1. The normalized spacial score (nSPS) is 11.1. The van der Waals surface area contributed by atoms with Gasteiger partial charge in [0.15, 0.2) is 0 Å². The van der Waals surface area contributed by atoms with Crippen molar-refractivity contribution in [2.45, 2.75) is 6.42 Å². The predicted molar refractivity (Wildman–Crippen MR) is 62.2 cm³/mol. The zero-order valence-electron chi connectivity index (χ0n) is 9.12. The number of aromatic nitrogens is 1. The molecule has 0 aliphatic rings. The van der Waals surface area contributed by atoms with E-state index in [1.807, 2.05) is 26.2 Å². The minimum absolute atomic E-state index is 0.333. The zero-order valence-corrected chi connectivity index (χ0v) is 9.12. The summed E-state index contributed by atoms with van der Waals surface area (Å²) in [5.74, 6) is 0.333.